The summed E-state index contributed by atoms with van der Waals surface area (Å²) in [6.07, 6.45) is 0. The largest absolute Gasteiger partial charge is 0.368 e. The Kier molecular flexibility index (Phi) is 4.72. The Labute approximate surface area is 165 Å². The van der Waals surface area contributed by atoms with Crippen LogP contribution in [0.25, 0.3) is 5.82 Å². The number of benzene rings is 2. The number of hydrogen-bond acceptors (Lipinski definition) is 8. The molecule has 10 nitrogen and oxygen atoms in total. The summed E-state index contributed by atoms with van der Waals surface area (Å²) in [5, 5.41) is 10.5. The van der Waals surface area contributed by atoms with Gasteiger partial charge >= 0.3 is 0 Å². The molecular weight excluding hydrogens is 370 g/mol. The summed E-state index contributed by atoms with van der Waals surface area (Å²) in [7, 11) is 0. The van der Waals surface area contributed by atoms with Gasteiger partial charge in [0.2, 0.25) is 17.7 Å². The quantitative estimate of drug-likeness (QED) is 0.393. The normalized spacial score (nSPS) is 10.5. The number of carbonyl (C=O) groups excluding carboxylic acids is 1. The highest BCUT2D eigenvalue weighted by Crippen LogP contribution is 2.20. The van der Waals surface area contributed by atoms with Crippen LogP contribution >= 0.6 is 0 Å². The average molecular weight is 387 g/mol. The molecule has 0 aliphatic rings. The fourth-order valence-corrected chi connectivity index (χ4v) is 2.58. The molecule has 2 aromatic heterocycles. The molecule has 2 heterocycles. The van der Waals surface area contributed by atoms with Crippen LogP contribution in [0.1, 0.15) is 10.6 Å². The van der Waals surface area contributed by atoms with Crippen molar-refractivity contribution in [2.75, 3.05) is 16.4 Å². The Bertz CT molecular complexity index is 1140. The summed E-state index contributed by atoms with van der Waals surface area (Å²) >= 11 is 0. The van der Waals surface area contributed by atoms with Gasteiger partial charge in [-0.1, -0.05) is 36.4 Å². The number of para-hydroxylation sites is 2. The zero-order valence-electron chi connectivity index (χ0n) is 15.1. The van der Waals surface area contributed by atoms with Crippen LogP contribution in [0.5, 0.6) is 0 Å². The van der Waals surface area contributed by atoms with Gasteiger partial charge < -0.3 is 22.1 Å². The third-order valence-corrected chi connectivity index (χ3v) is 3.86. The molecule has 0 fully saturated rings. The highest BCUT2D eigenvalue weighted by molar-refractivity contribution is 5.89. The molecule has 144 valence electrons. The molecule has 0 radical (unpaired) electrons. The molecule has 29 heavy (non-hydrogen) atoms. The van der Waals surface area contributed by atoms with Crippen LogP contribution in [0, 0.1) is 0 Å². The Hall–Kier alpha value is -4.47. The van der Waals surface area contributed by atoms with Crippen LogP contribution in [0.15, 0.2) is 66.7 Å². The van der Waals surface area contributed by atoms with E-state index >= 15 is 0 Å². The van der Waals surface area contributed by atoms with E-state index in [0.717, 1.165) is 11.4 Å². The fourth-order valence-electron chi connectivity index (χ4n) is 2.58. The molecule has 0 aliphatic heterocycles. The van der Waals surface area contributed by atoms with Gasteiger partial charge in [-0.25, -0.2) is 9.97 Å². The van der Waals surface area contributed by atoms with Gasteiger partial charge in [0.05, 0.1) is 0 Å². The van der Waals surface area contributed by atoms with Crippen molar-refractivity contribution in [2.24, 2.45) is 5.73 Å². The molecular formula is C19H17N9O. The SMILES string of the molecule is NC(=O)c1nc(Nc2ccccc2)cc(-n2nc(Nc3ccccc3)nc2N)n1. The maximum atomic E-state index is 11.7. The average Bonchev–Trinajstić information content (AvgIpc) is 3.09. The maximum Gasteiger partial charge on any atom is 0.286 e. The predicted octanol–water partition coefficient (Wildman–Crippen LogP) is 2.23. The number of primary amides is 1. The van der Waals surface area contributed by atoms with E-state index in [9.17, 15) is 4.79 Å². The van der Waals surface area contributed by atoms with E-state index in [4.69, 9.17) is 11.5 Å². The standard InChI is InChI=1S/C19H17N9O/c20-16(29)17-24-14(22-12-7-3-1-4-8-12)11-15(25-17)28-18(21)26-19(27-28)23-13-9-5-2-6-10-13/h1-11H,(H2,20,29)(H,22,24,25)(H3,21,23,26,27). The first-order valence-corrected chi connectivity index (χ1v) is 8.64. The van der Waals surface area contributed by atoms with Gasteiger partial charge in [0, 0.05) is 17.4 Å². The zero-order chi connectivity index (χ0) is 20.2. The molecule has 0 saturated heterocycles. The van der Waals surface area contributed by atoms with Gasteiger partial charge in [-0.2, -0.15) is 9.67 Å². The van der Waals surface area contributed by atoms with E-state index < -0.39 is 5.91 Å². The summed E-state index contributed by atoms with van der Waals surface area (Å²) in [6, 6.07) is 20.4. The van der Waals surface area contributed by atoms with Crippen molar-refractivity contribution < 1.29 is 4.79 Å². The number of hydrogen-bond donors (Lipinski definition) is 4. The maximum absolute atomic E-state index is 11.7. The lowest BCUT2D eigenvalue weighted by atomic mass is 10.3. The first-order chi connectivity index (χ1) is 14.1. The molecule has 0 unspecified atom stereocenters. The lowest BCUT2D eigenvalue weighted by molar-refractivity contribution is 0.0990. The third-order valence-electron chi connectivity index (χ3n) is 3.86. The first-order valence-electron chi connectivity index (χ1n) is 8.64. The van der Waals surface area contributed by atoms with E-state index in [1.807, 2.05) is 60.7 Å². The number of aromatic nitrogens is 5. The second-order valence-electron chi connectivity index (χ2n) is 5.99. The molecule has 4 rings (SSSR count). The number of amides is 1. The van der Waals surface area contributed by atoms with Crippen molar-refractivity contribution in [1.82, 2.24) is 24.7 Å². The summed E-state index contributed by atoms with van der Waals surface area (Å²) in [5.74, 6) is 0.0345. The van der Waals surface area contributed by atoms with Crippen LogP contribution < -0.4 is 22.1 Å². The number of rotatable bonds is 6. The summed E-state index contributed by atoms with van der Waals surface area (Å²) in [4.78, 5) is 24.2. The van der Waals surface area contributed by atoms with Crippen molar-refractivity contribution in [2.45, 2.75) is 0 Å². The Morgan fingerprint density at radius 2 is 1.48 bits per heavy atom. The number of nitrogens with two attached hydrogens (primary N) is 2. The van der Waals surface area contributed by atoms with Gasteiger partial charge in [0.15, 0.2) is 5.82 Å². The summed E-state index contributed by atoms with van der Waals surface area (Å²) in [5.41, 5.74) is 13.0. The molecule has 2 aromatic carbocycles. The van der Waals surface area contributed by atoms with Gasteiger partial charge in [-0.15, -0.1) is 5.10 Å². The monoisotopic (exact) mass is 387 g/mol. The molecule has 0 saturated carbocycles. The van der Waals surface area contributed by atoms with Crippen LogP contribution in [0.3, 0.4) is 0 Å². The lowest BCUT2D eigenvalue weighted by Gasteiger charge is -2.09. The lowest BCUT2D eigenvalue weighted by Crippen LogP contribution is -2.18. The second kappa shape index (κ2) is 7.64. The van der Waals surface area contributed by atoms with E-state index in [-0.39, 0.29) is 23.5 Å². The Morgan fingerprint density at radius 3 is 2.10 bits per heavy atom. The van der Waals surface area contributed by atoms with E-state index in [2.05, 4.69) is 30.7 Å². The predicted molar refractivity (Wildman–Crippen MR) is 109 cm³/mol. The van der Waals surface area contributed by atoms with E-state index in [1.165, 1.54) is 4.68 Å². The fraction of sp³-hybridized carbons (Fsp3) is 0. The van der Waals surface area contributed by atoms with Crippen LogP contribution in [-0.2, 0) is 0 Å². The van der Waals surface area contributed by atoms with Gasteiger partial charge in [0.1, 0.15) is 5.82 Å². The van der Waals surface area contributed by atoms with Crippen LogP contribution in [0.4, 0.5) is 29.1 Å². The topological polar surface area (TPSA) is 150 Å². The van der Waals surface area contributed by atoms with Gasteiger partial charge in [-0.05, 0) is 24.3 Å². The first kappa shape index (κ1) is 17.9. The second-order valence-corrected chi connectivity index (χ2v) is 5.99. The van der Waals surface area contributed by atoms with Crippen molar-refractivity contribution >= 4 is 35.0 Å². The Morgan fingerprint density at radius 1 is 0.862 bits per heavy atom. The molecule has 10 heteroatoms. The molecule has 0 aliphatic carbocycles. The molecule has 4 aromatic rings. The highest BCUT2D eigenvalue weighted by Gasteiger charge is 2.15. The Balaban J connectivity index is 1.69. The summed E-state index contributed by atoms with van der Waals surface area (Å²) in [6.45, 7) is 0. The molecule has 1 amide bonds. The number of nitrogens with one attached hydrogen (secondary N) is 2. The summed E-state index contributed by atoms with van der Waals surface area (Å²) < 4.78 is 1.30. The van der Waals surface area contributed by atoms with Gasteiger partial charge in [0.25, 0.3) is 5.91 Å². The zero-order valence-corrected chi connectivity index (χ0v) is 15.1. The number of carbonyl (C=O) groups is 1. The number of nitrogens with zero attached hydrogens (tertiary/aromatic N) is 5. The smallest absolute Gasteiger partial charge is 0.286 e. The van der Waals surface area contributed by atoms with Gasteiger partial charge in [-0.3, -0.25) is 4.79 Å². The number of anilines is 5. The molecule has 6 N–H and O–H groups in total. The number of nitrogen functional groups attached to an aromatic ring is 1. The van der Waals surface area contributed by atoms with Crippen molar-refractivity contribution in [3.05, 3.63) is 72.6 Å². The van der Waals surface area contributed by atoms with Crippen molar-refractivity contribution in [1.29, 1.82) is 0 Å². The van der Waals surface area contributed by atoms with Crippen LogP contribution in [-0.4, -0.2) is 30.6 Å². The molecule has 0 bridgehead atoms. The minimum absolute atomic E-state index is 0.0863. The minimum atomic E-state index is -0.774. The van der Waals surface area contributed by atoms with E-state index in [0.29, 0.717) is 5.82 Å². The minimum Gasteiger partial charge on any atom is -0.368 e. The van der Waals surface area contributed by atoms with Crippen molar-refractivity contribution in [3.63, 3.8) is 0 Å². The van der Waals surface area contributed by atoms with E-state index in [1.54, 1.807) is 6.07 Å². The highest BCUT2D eigenvalue weighted by atomic mass is 16.1. The van der Waals surface area contributed by atoms with Crippen molar-refractivity contribution in [3.8, 4) is 5.82 Å². The third kappa shape index (κ3) is 4.11. The molecule has 0 atom stereocenters. The van der Waals surface area contributed by atoms with Crippen LogP contribution in [0.2, 0.25) is 0 Å². The molecule has 0 spiro atoms.